The monoisotopic (exact) mass is 239 g/mol. The summed E-state index contributed by atoms with van der Waals surface area (Å²) in [7, 11) is 0. The Labute approximate surface area is 101 Å². The molecule has 2 atom stereocenters. The van der Waals surface area contributed by atoms with Crippen LogP contribution in [0.25, 0.3) is 0 Å². The van der Waals surface area contributed by atoms with Crippen molar-refractivity contribution in [1.82, 2.24) is 5.32 Å². The molecule has 0 aliphatic heterocycles. The van der Waals surface area contributed by atoms with Crippen molar-refractivity contribution in [3.05, 3.63) is 35.4 Å². The number of nitrogens with one attached hydrogen (secondary N) is 1. The molecule has 1 fully saturated rings. The van der Waals surface area contributed by atoms with Crippen LogP contribution in [0.3, 0.4) is 0 Å². The Balaban J connectivity index is 2.17. The molecule has 1 N–H and O–H groups in total. The number of hydrogen-bond donors (Lipinski definition) is 1. The van der Waals surface area contributed by atoms with E-state index in [4.69, 9.17) is 0 Å². The van der Waals surface area contributed by atoms with Crippen molar-refractivity contribution in [2.24, 2.45) is 5.41 Å². The minimum atomic E-state index is -0.769. The molecule has 0 saturated heterocycles. The van der Waals surface area contributed by atoms with E-state index < -0.39 is 11.6 Å². The molecule has 1 nitrogen and oxygen atoms in total. The largest absolute Gasteiger partial charge is 0.314 e. The zero-order valence-corrected chi connectivity index (χ0v) is 10.6. The van der Waals surface area contributed by atoms with Gasteiger partial charge in [0.2, 0.25) is 0 Å². The van der Waals surface area contributed by atoms with E-state index in [-0.39, 0.29) is 5.41 Å². The van der Waals surface area contributed by atoms with Gasteiger partial charge in [-0.05, 0) is 42.0 Å². The van der Waals surface area contributed by atoms with Crippen LogP contribution in [0, 0.1) is 17.0 Å². The van der Waals surface area contributed by atoms with Crippen LogP contribution in [0.5, 0.6) is 0 Å². The van der Waals surface area contributed by atoms with E-state index in [1.54, 1.807) is 6.07 Å². The fourth-order valence-electron chi connectivity index (χ4n) is 2.81. The van der Waals surface area contributed by atoms with Gasteiger partial charge in [-0.25, -0.2) is 8.78 Å². The summed E-state index contributed by atoms with van der Waals surface area (Å²) >= 11 is 0. The van der Waals surface area contributed by atoms with Crippen LogP contribution in [-0.4, -0.2) is 12.6 Å². The van der Waals surface area contributed by atoms with Crippen molar-refractivity contribution >= 4 is 0 Å². The van der Waals surface area contributed by atoms with Gasteiger partial charge in [0.1, 0.15) is 0 Å². The quantitative estimate of drug-likeness (QED) is 0.851. The minimum Gasteiger partial charge on any atom is -0.314 e. The van der Waals surface area contributed by atoms with Crippen LogP contribution in [-0.2, 0) is 0 Å². The van der Waals surface area contributed by atoms with Crippen LogP contribution in [0.2, 0.25) is 0 Å². The lowest BCUT2D eigenvalue weighted by atomic mass is 9.56. The van der Waals surface area contributed by atoms with Gasteiger partial charge in [-0.2, -0.15) is 0 Å². The molecule has 0 aromatic heterocycles. The molecule has 1 aliphatic carbocycles. The van der Waals surface area contributed by atoms with Crippen LogP contribution in [0.15, 0.2) is 18.2 Å². The number of halogens is 2. The molecule has 94 valence electrons. The first-order chi connectivity index (χ1) is 7.96. The lowest BCUT2D eigenvalue weighted by Crippen LogP contribution is -2.55. The molecule has 0 radical (unpaired) electrons. The second-order valence-electron chi connectivity index (χ2n) is 5.39. The normalized spacial score (nSPS) is 26.6. The van der Waals surface area contributed by atoms with Gasteiger partial charge in [0.05, 0.1) is 0 Å². The topological polar surface area (TPSA) is 12.0 Å². The van der Waals surface area contributed by atoms with Crippen molar-refractivity contribution in [1.29, 1.82) is 0 Å². The summed E-state index contributed by atoms with van der Waals surface area (Å²) in [5.74, 6) is -1.21. The van der Waals surface area contributed by atoms with Crippen molar-refractivity contribution in [2.75, 3.05) is 6.54 Å². The van der Waals surface area contributed by atoms with Crippen molar-refractivity contribution < 1.29 is 8.78 Å². The predicted octanol–water partition coefficient (Wildman–Crippen LogP) is 3.46. The lowest BCUT2D eigenvalue weighted by Gasteiger charge is -2.53. The lowest BCUT2D eigenvalue weighted by molar-refractivity contribution is 0.0704. The zero-order valence-electron chi connectivity index (χ0n) is 10.6. The molecule has 2 unspecified atom stereocenters. The van der Waals surface area contributed by atoms with Gasteiger partial charge in [-0.3, -0.25) is 0 Å². The van der Waals surface area contributed by atoms with Gasteiger partial charge >= 0.3 is 0 Å². The first-order valence-electron chi connectivity index (χ1n) is 6.15. The summed E-state index contributed by atoms with van der Waals surface area (Å²) in [5, 5.41) is 3.43. The highest BCUT2D eigenvalue weighted by Crippen LogP contribution is 2.52. The molecule has 0 amide bonds. The molecule has 0 bridgehead atoms. The van der Waals surface area contributed by atoms with E-state index in [9.17, 15) is 8.78 Å². The Morgan fingerprint density at radius 2 is 2.00 bits per heavy atom. The maximum absolute atomic E-state index is 13.2. The van der Waals surface area contributed by atoms with E-state index in [0.29, 0.717) is 12.0 Å². The standard InChI is InChI=1S/C14H19F2N/c1-4-17-13-8-10(14(13,2)3)9-5-6-11(15)12(16)7-9/h5-7,10,13,17H,4,8H2,1-3H3. The molecule has 17 heavy (non-hydrogen) atoms. The van der Waals surface area contributed by atoms with E-state index in [0.717, 1.165) is 18.5 Å². The van der Waals surface area contributed by atoms with Gasteiger partial charge in [0.25, 0.3) is 0 Å². The molecule has 1 saturated carbocycles. The highest BCUT2D eigenvalue weighted by atomic mass is 19.2. The molecular formula is C14H19F2N. The molecule has 0 spiro atoms. The highest BCUT2D eigenvalue weighted by molar-refractivity contribution is 5.28. The third-order valence-corrected chi connectivity index (χ3v) is 4.06. The van der Waals surface area contributed by atoms with Gasteiger partial charge in [-0.1, -0.05) is 26.8 Å². The molecule has 3 heteroatoms. The van der Waals surface area contributed by atoms with E-state index in [2.05, 4.69) is 26.1 Å². The molecule has 1 aliphatic rings. The number of hydrogen-bond acceptors (Lipinski definition) is 1. The maximum atomic E-state index is 13.2. The van der Waals surface area contributed by atoms with E-state index in [1.807, 2.05) is 0 Å². The summed E-state index contributed by atoms with van der Waals surface area (Å²) in [6.07, 6.45) is 0.992. The summed E-state index contributed by atoms with van der Waals surface area (Å²) in [4.78, 5) is 0. The van der Waals surface area contributed by atoms with Gasteiger partial charge in [-0.15, -0.1) is 0 Å². The Morgan fingerprint density at radius 1 is 1.29 bits per heavy atom. The van der Waals surface area contributed by atoms with Crippen LogP contribution >= 0.6 is 0 Å². The van der Waals surface area contributed by atoms with E-state index in [1.165, 1.54) is 12.1 Å². The highest BCUT2D eigenvalue weighted by Gasteiger charge is 2.48. The average Bonchev–Trinajstić information content (AvgIpc) is 2.28. The predicted molar refractivity (Wildman–Crippen MR) is 65.0 cm³/mol. The van der Waals surface area contributed by atoms with Crippen LogP contribution in [0.4, 0.5) is 8.78 Å². The van der Waals surface area contributed by atoms with Gasteiger partial charge < -0.3 is 5.32 Å². The fraction of sp³-hybridized carbons (Fsp3) is 0.571. The fourth-order valence-corrected chi connectivity index (χ4v) is 2.81. The van der Waals surface area contributed by atoms with Crippen LogP contribution in [0.1, 0.15) is 38.7 Å². The number of rotatable bonds is 3. The zero-order chi connectivity index (χ0) is 12.6. The number of benzene rings is 1. The summed E-state index contributed by atoms with van der Waals surface area (Å²) < 4.78 is 26.1. The Hall–Kier alpha value is -0.960. The molecule has 1 aromatic carbocycles. The van der Waals surface area contributed by atoms with E-state index >= 15 is 0 Å². The smallest absolute Gasteiger partial charge is 0.159 e. The van der Waals surface area contributed by atoms with Gasteiger partial charge in [0, 0.05) is 6.04 Å². The SMILES string of the molecule is CCNC1CC(c2ccc(F)c(F)c2)C1(C)C. The Bertz CT molecular complexity index is 415. The first-order valence-corrected chi connectivity index (χ1v) is 6.15. The Kier molecular flexibility index (Phi) is 3.21. The minimum absolute atomic E-state index is 0.0975. The average molecular weight is 239 g/mol. The first kappa shape index (κ1) is 12.5. The van der Waals surface area contributed by atoms with Crippen molar-refractivity contribution in [2.45, 2.75) is 39.2 Å². The molecule has 0 heterocycles. The summed E-state index contributed by atoms with van der Waals surface area (Å²) in [6, 6.07) is 4.73. The van der Waals surface area contributed by atoms with Crippen LogP contribution < -0.4 is 5.32 Å². The third-order valence-electron chi connectivity index (χ3n) is 4.06. The third kappa shape index (κ3) is 2.08. The summed E-state index contributed by atoms with van der Waals surface area (Å²) in [6.45, 7) is 7.38. The maximum Gasteiger partial charge on any atom is 0.159 e. The van der Waals surface area contributed by atoms with Crippen molar-refractivity contribution in [3.8, 4) is 0 Å². The molecular weight excluding hydrogens is 220 g/mol. The second-order valence-corrected chi connectivity index (χ2v) is 5.39. The Morgan fingerprint density at radius 3 is 2.53 bits per heavy atom. The molecule has 2 rings (SSSR count). The van der Waals surface area contributed by atoms with Crippen molar-refractivity contribution in [3.63, 3.8) is 0 Å². The second kappa shape index (κ2) is 4.37. The van der Waals surface area contributed by atoms with Gasteiger partial charge in [0.15, 0.2) is 11.6 Å². The molecule has 1 aromatic rings. The summed E-state index contributed by atoms with van der Waals surface area (Å²) in [5.41, 5.74) is 1.00.